The molecule has 0 aromatic rings. The van der Waals surface area contributed by atoms with E-state index in [0.29, 0.717) is 25.7 Å². The summed E-state index contributed by atoms with van der Waals surface area (Å²) in [6.45, 7) is 0.470. The Hall–Kier alpha value is -3.22. The van der Waals surface area contributed by atoms with Crippen molar-refractivity contribution in [3.05, 3.63) is 0 Å². The second kappa shape index (κ2) is 11.6. The molecule has 0 saturated carbocycles. The Kier molecular flexibility index (Phi) is 9.14. The van der Waals surface area contributed by atoms with E-state index < -0.39 is 66.2 Å². The fourth-order valence-corrected chi connectivity index (χ4v) is 4.18. The molecule has 2 heterocycles. The van der Waals surface area contributed by atoms with E-state index in [-0.39, 0.29) is 32.4 Å². The SMILES string of the molecule is NC(CCC(=O)O)C(=O)NC(CCC(=O)O)C(=O)N1CCCC1C(=O)N1CCCC1C(=O)O. The van der Waals surface area contributed by atoms with Gasteiger partial charge in [-0.1, -0.05) is 0 Å². The number of nitrogens with two attached hydrogens (primary N) is 1. The molecule has 3 amide bonds. The molecule has 13 nitrogen and oxygen atoms in total. The number of hydrogen-bond acceptors (Lipinski definition) is 7. The van der Waals surface area contributed by atoms with Crippen LogP contribution in [0.1, 0.15) is 51.4 Å². The minimum Gasteiger partial charge on any atom is -0.481 e. The van der Waals surface area contributed by atoms with Crippen molar-refractivity contribution < 1.29 is 44.1 Å². The van der Waals surface area contributed by atoms with Crippen LogP contribution in [0.4, 0.5) is 0 Å². The number of nitrogens with one attached hydrogen (secondary N) is 1. The summed E-state index contributed by atoms with van der Waals surface area (Å²) in [7, 11) is 0. The van der Waals surface area contributed by atoms with Gasteiger partial charge in [-0.3, -0.25) is 24.0 Å². The number of carboxylic acid groups (broad SMARTS) is 3. The number of carbonyl (C=O) groups excluding carboxylic acids is 3. The Labute approximate surface area is 189 Å². The molecular weight excluding hydrogens is 440 g/mol. The normalized spacial score (nSPS) is 22.0. The van der Waals surface area contributed by atoms with E-state index in [1.54, 1.807) is 0 Å². The molecule has 33 heavy (non-hydrogen) atoms. The van der Waals surface area contributed by atoms with E-state index in [1.807, 2.05) is 0 Å². The van der Waals surface area contributed by atoms with Crippen molar-refractivity contribution in [2.75, 3.05) is 13.1 Å². The van der Waals surface area contributed by atoms with Gasteiger partial charge in [0.2, 0.25) is 17.7 Å². The van der Waals surface area contributed by atoms with Crippen molar-refractivity contribution in [2.45, 2.75) is 75.5 Å². The number of aliphatic carboxylic acids is 3. The quantitative estimate of drug-likeness (QED) is 0.238. The number of hydrogen-bond donors (Lipinski definition) is 5. The predicted molar refractivity (Wildman–Crippen MR) is 111 cm³/mol. The average molecular weight is 470 g/mol. The molecule has 0 bridgehead atoms. The van der Waals surface area contributed by atoms with Crippen LogP contribution in [0.3, 0.4) is 0 Å². The topological polar surface area (TPSA) is 208 Å². The van der Waals surface area contributed by atoms with E-state index in [4.69, 9.17) is 15.9 Å². The van der Waals surface area contributed by atoms with Crippen LogP contribution in [0.15, 0.2) is 0 Å². The van der Waals surface area contributed by atoms with E-state index >= 15 is 0 Å². The van der Waals surface area contributed by atoms with E-state index in [1.165, 1.54) is 9.80 Å². The number of rotatable bonds is 11. The van der Waals surface area contributed by atoms with Crippen LogP contribution in [-0.4, -0.2) is 98.0 Å². The zero-order valence-electron chi connectivity index (χ0n) is 18.1. The Bertz CT molecular complexity index is 802. The molecule has 13 heteroatoms. The van der Waals surface area contributed by atoms with Crippen LogP contribution in [0, 0.1) is 0 Å². The van der Waals surface area contributed by atoms with Crippen molar-refractivity contribution in [1.29, 1.82) is 0 Å². The van der Waals surface area contributed by atoms with Crippen molar-refractivity contribution in [2.24, 2.45) is 5.73 Å². The molecule has 2 saturated heterocycles. The molecule has 184 valence electrons. The number of nitrogens with zero attached hydrogens (tertiary/aromatic N) is 2. The van der Waals surface area contributed by atoms with Crippen molar-refractivity contribution >= 4 is 35.6 Å². The van der Waals surface area contributed by atoms with E-state index in [2.05, 4.69) is 5.32 Å². The number of likely N-dealkylation sites (tertiary alicyclic amines) is 2. The highest BCUT2D eigenvalue weighted by Crippen LogP contribution is 2.26. The third-order valence-electron chi connectivity index (χ3n) is 5.91. The fraction of sp³-hybridized carbons (Fsp3) is 0.700. The van der Waals surface area contributed by atoms with Gasteiger partial charge in [-0.25, -0.2) is 4.79 Å². The van der Waals surface area contributed by atoms with Crippen molar-refractivity contribution in [3.8, 4) is 0 Å². The van der Waals surface area contributed by atoms with Gasteiger partial charge in [0.1, 0.15) is 18.1 Å². The Morgan fingerprint density at radius 2 is 1.39 bits per heavy atom. The predicted octanol–water partition coefficient (Wildman–Crippen LogP) is -1.41. The van der Waals surface area contributed by atoms with Gasteiger partial charge in [0.25, 0.3) is 0 Å². The van der Waals surface area contributed by atoms with Crippen molar-refractivity contribution in [1.82, 2.24) is 15.1 Å². The van der Waals surface area contributed by atoms with Crippen LogP contribution in [0.2, 0.25) is 0 Å². The van der Waals surface area contributed by atoms with Crippen LogP contribution in [-0.2, 0) is 28.8 Å². The van der Waals surface area contributed by atoms with Gasteiger partial charge in [0.15, 0.2) is 0 Å². The number of carbonyl (C=O) groups is 6. The molecule has 2 aliphatic heterocycles. The minimum absolute atomic E-state index is 0.169. The molecule has 2 aliphatic rings. The summed E-state index contributed by atoms with van der Waals surface area (Å²) < 4.78 is 0. The standard InChI is InChI=1S/C20H30N4O9/c21-11(5-7-15(25)26)17(29)22-12(6-8-16(27)28)18(30)23-9-1-3-13(23)19(31)24-10-2-4-14(24)20(32)33/h11-14H,1-10,21H2,(H,22,29)(H,25,26)(H,27,28)(H,32,33). The molecule has 2 fully saturated rings. The lowest BCUT2D eigenvalue weighted by Crippen LogP contribution is -2.56. The van der Waals surface area contributed by atoms with Gasteiger partial charge >= 0.3 is 17.9 Å². The third-order valence-corrected chi connectivity index (χ3v) is 5.91. The first-order valence-electron chi connectivity index (χ1n) is 10.9. The summed E-state index contributed by atoms with van der Waals surface area (Å²) in [4.78, 5) is 74.4. The highest BCUT2D eigenvalue weighted by Gasteiger charge is 2.43. The first-order chi connectivity index (χ1) is 15.5. The van der Waals surface area contributed by atoms with Gasteiger partial charge in [0, 0.05) is 25.9 Å². The molecule has 0 radical (unpaired) electrons. The first-order valence-corrected chi connectivity index (χ1v) is 10.9. The highest BCUT2D eigenvalue weighted by molar-refractivity contribution is 5.95. The number of amides is 3. The third kappa shape index (κ3) is 6.88. The molecule has 2 rings (SSSR count). The average Bonchev–Trinajstić information content (AvgIpc) is 3.43. The lowest BCUT2D eigenvalue weighted by molar-refractivity contribution is -0.152. The highest BCUT2D eigenvalue weighted by atomic mass is 16.4. The monoisotopic (exact) mass is 470 g/mol. The maximum Gasteiger partial charge on any atom is 0.326 e. The molecule has 4 unspecified atom stereocenters. The summed E-state index contributed by atoms with van der Waals surface area (Å²) in [5, 5.41) is 29.5. The molecular formula is C20H30N4O9. The smallest absolute Gasteiger partial charge is 0.326 e. The second-order valence-corrected chi connectivity index (χ2v) is 8.25. The fourth-order valence-electron chi connectivity index (χ4n) is 4.18. The van der Waals surface area contributed by atoms with Crippen LogP contribution >= 0.6 is 0 Å². The maximum atomic E-state index is 13.2. The maximum absolute atomic E-state index is 13.2. The Morgan fingerprint density at radius 1 is 0.848 bits per heavy atom. The van der Waals surface area contributed by atoms with Gasteiger partial charge < -0.3 is 36.2 Å². The minimum atomic E-state index is -1.27. The Morgan fingerprint density at radius 3 is 1.97 bits per heavy atom. The molecule has 0 aromatic carbocycles. The largest absolute Gasteiger partial charge is 0.481 e. The summed E-state index contributed by atoms with van der Waals surface area (Å²) in [6, 6.07) is -4.34. The van der Waals surface area contributed by atoms with Gasteiger partial charge in [0.05, 0.1) is 6.04 Å². The van der Waals surface area contributed by atoms with Gasteiger partial charge in [-0.2, -0.15) is 0 Å². The van der Waals surface area contributed by atoms with Gasteiger partial charge in [-0.05, 0) is 38.5 Å². The van der Waals surface area contributed by atoms with E-state index in [0.717, 1.165) is 0 Å². The lowest BCUT2D eigenvalue weighted by Gasteiger charge is -2.32. The molecule has 6 N–H and O–H groups in total. The Balaban J connectivity index is 2.13. The molecule has 4 atom stereocenters. The molecule has 0 aliphatic carbocycles. The number of carboxylic acids is 3. The molecule has 0 aromatic heterocycles. The summed E-state index contributed by atoms with van der Waals surface area (Å²) in [5.74, 6) is -5.38. The summed E-state index contributed by atoms with van der Waals surface area (Å²) in [6.07, 6.45) is 0.479. The molecule has 0 spiro atoms. The second-order valence-electron chi connectivity index (χ2n) is 8.25. The van der Waals surface area contributed by atoms with Crippen LogP contribution < -0.4 is 11.1 Å². The first kappa shape index (κ1) is 26.0. The summed E-state index contributed by atoms with van der Waals surface area (Å²) >= 11 is 0. The van der Waals surface area contributed by atoms with Gasteiger partial charge in [-0.15, -0.1) is 0 Å². The van der Waals surface area contributed by atoms with E-state index in [9.17, 15) is 33.9 Å². The zero-order valence-corrected chi connectivity index (χ0v) is 18.1. The van der Waals surface area contributed by atoms with Crippen molar-refractivity contribution in [3.63, 3.8) is 0 Å². The zero-order chi connectivity index (χ0) is 24.7. The van der Waals surface area contributed by atoms with Crippen LogP contribution in [0.5, 0.6) is 0 Å². The summed E-state index contributed by atoms with van der Waals surface area (Å²) in [5.41, 5.74) is 5.69. The van der Waals surface area contributed by atoms with Crippen LogP contribution in [0.25, 0.3) is 0 Å². The lowest BCUT2D eigenvalue weighted by atomic mass is 10.1.